The summed E-state index contributed by atoms with van der Waals surface area (Å²) in [7, 11) is 1.32. The van der Waals surface area contributed by atoms with Crippen molar-refractivity contribution in [3.05, 3.63) is 20.8 Å². The Labute approximate surface area is 131 Å². The number of rotatable bonds is 5. The molecule has 0 saturated heterocycles. The van der Waals surface area contributed by atoms with Crippen LogP contribution >= 0.6 is 27.3 Å². The van der Waals surface area contributed by atoms with Gasteiger partial charge in [-0.25, -0.2) is 4.79 Å². The highest BCUT2D eigenvalue weighted by molar-refractivity contribution is 9.11. The quantitative estimate of drug-likeness (QED) is 0.843. The molecule has 21 heavy (non-hydrogen) atoms. The first-order chi connectivity index (χ1) is 9.58. The zero-order chi connectivity index (χ0) is 16.2. The van der Waals surface area contributed by atoms with Crippen LogP contribution in [0.25, 0.3) is 0 Å². The number of carboxylic acids is 1. The summed E-state index contributed by atoms with van der Waals surface area (Å²) in [5.41, 5.74) is 0.741. The molecule has 1 heterocycles. The van der Waals surface area contributed by atoms with Gasteiger partial charge in [-0.3, -0.25) is 4.79 Å². The van der Waals surface area contributed by atoms with Crippen LogP contribution in [-0.4, -0.2) is 53.2 Å². The van der Waals surface area contributed by atoms with Gasteiger partial charge in [0.05, 0.1) is 3.79 Å². The highest BCUT2D eigenvalue weighted by atomic mass is 79.9. The molecule has 1 aromatic heterocycles. The number of carbonyl (C=O) groups excluding carboxylic acids is 1. The minimum atomic E-state index is -4.66. The fraction of sp³-hybridized carbons (Fsp3) is 0.455. The standard InChI is InChI=1S/C11H12BrF3N2O3S/c1-16(3-7-2-8(12)21-5-7)10(20)17(4-9(18)19)6-11(13,14)15/h2,5H,3-4,6H2,1H3,(H,18,19). The van der Waals surface area contributed by atoms with Crippen LogP contribution < -0.4 is 0 Å². The van der Waals surface area contributed by atoms with E-state index in [9.17, 15) is 22.8 Å². The molecule has 1 aromatic rings. The third-order valence-corrected chi connectivity index (χ3v) is 3.89. The number of thiophene rings is 1. The lowest BCUT2D eigenvalue weighted by atomic mass is 10.3. The minimum absolute atomic E-state index is 0.0922. The third kappa shape index (κ3) is 6.34. The topological polar surface area (TPSA) is 60.9 Å². The molecular formula is C11H12BrF3N2O3S. The lowest BCUT2D eigenvalue weighted by Gasteiger charge is -2.27. The number of halogens is 4. The van der Waals surface area contributed by atoms with Crippen molar-refractivity contribution < 1.29 is 27.9 Å². The molecule has 0 fully saturated rings. The molecule has 0 bridgehead atoms. The Balaban J connectivity index is 2.75. The lowest BCUT2D eigenvalue weighted by molar-refractivity contribution is -0.149. The summed E-state index contributed by atoms with van der Waals surface area (Å²) in [6, 6.07) is 0.747. The van der Waals surface area contributed by atoms with Gasteiger partial charge in [-0.05, 0) is 32.9 Å². The third-order valence-electron chi connectivity index (χ3n) is 2.33. The Bertz CT molecular complexity index is 521. The molecule has 10 heteroatoms. The highest BCUT2D eigenvalue weighted by Gasteiger charge is 2.35. The summed E-state index contributed by atoms with van der Waals surface area (Å²) in [6.45, 7) is -2.51. The van der Waals surface area contributed by atoms with Gasteiger partial charge in [-0.2, -0.15) is 13.2 Å². The molecule has 0 spiro atoms. The van der Waals surface area contributed by atoms with Gasteiger partial charge in [0, 0.05) is 13.6 Å². The van der Waals surface area contributed by atoms with E-state index in [2.05, 4.69) is 15.9 Å². The Morgan fingerprint density at radius 3 is 2.48 bits per heavy atom. The predicted molar refractivity (Wildman–Crippen MR) is 74.1 cm³/mol. The zero-order valence-corrected chi connectivity index (χ0v) is 13.3. The summed E-state index contributed by atoms with van der Waals surface area (Å²) >= 11 is 4.62. The number of aliphatic carboxylic acids is 1. The van der Waals surface area contributed by atoms with Gasteiger partial charge < -0.3 is 14.9 Å². The molecule has 0 radical (unpaired) electrons. The van der Waals surface area contributed by atoms with E-state index in [0.717, 1.165) is 14.2 Å². The lowest BCUT2D eigenvalue weighted by Crippen LogP contribution is -2.47. The number of nitrogens with zero attached hydrogens (tertiary/aromatic N) is 2. The minimum Gasteiger partial charge on any atom is -0.480 e. The summed E-state index contributed by atoms with van der Waals surface area (Å²) < 4.78 is 38.0. The van der Waals surface area contributed by atoms with Crippen molar-refractivity contribution in [2.45, 2.75) is 12.7 Å². The Morgan fingerprint density at radius 1 is 1.43 bits per heavy atom. The maximum atomic E-state index is 12.4. The van der Waals surface area contributed by atoms with E-state index in [1.54, 1.807) is 11.4 Å². The van der Waals surface area contributed by atoms with E-state index >= 15 is 0 Å². The first-order valence-corrected chi connectivity index (χ1v) is 7.27. The average molecular weight is 389 g/mol. The smallest absolute Gasteiger partial charge is 0.406 e. The van der Waals surface area contributed by atoms with E-state index in [-0.39, 0.29) is 11.4 Å². The van der Waals surface area contributed by atoms with Crippen molar-refractivity contribution >= 4 is 39.3 Å². The molecule has 0 aromatic carbocycles. The normalized spacial score (nSPS) is 11.3. The van der Waals surface area contributed by atoms with E-state index in [1.165, 1.54) is 18.4 Å². The van der Waals surface area contributed by atoms with Crippen LogP contribution in [0.15, 0.2) is 15.2 Å². The van der Waals surface area contributed by atoms with Crippen LogP contribution in [0, 0.1) is 0 Å². The molecule has 2 amide bonds. The average Bonchev–Trinajstić information content (AvgIpc) is 2.70. The number of hydrogen-bond acceptors (Lipinski definition) is 3. The van der Waals surface area contributed by atoms with E-state index in [4.69, 9.17) is 5.11 Å². The number of amides is 2. The van der Waals surface area contributed by atoms with Crippen LogP contribution in [0.2, 0.25) is 0 Å². The van der Waals surface area contributed by atoms with Crippen molar-refractivity contribution in [1.29, 1.82) is 0 Å². The first kappa shape index (κ1) is 17.8. The Kier molecular flexibility index (Phi) is 6.02. The molecule has 1 N–H and O–H groups in total. The van der Waals surface area contributed by atoms with Crippen LogP contribution in [0.4, 0.5) is 18.0 Å². The van der Waals surface area contributed by atoms with E-state index in [0.29, 0.717) is 0 Å². The Morgan fingerprint density at radius 2 is 2.05 bits per heavy atom. The summed E-state index contributed by atoms with van der Waals surface area (Å²) in [5, 5.41) is 10.4. The summed E-state index contributed by atoms with van der Waals surface area (Å²) in [5.74, 6) is -1.50. The molecule has 118 valence electrons. The Hall–Kier alpha value is -1.29. The number of carbonyl (C=O) groups is 2. The highest BCUT2D eigenvalue weighted by Crippen LogP contribution is 2.22. The van der Waals surface area contributed by atoms with Gasteiger partial charge in [0.2, 0.25) is 0 Å². The van der Waals surface area contributed by atoms with Gasteiger partial charge in [0.25, 0.3) is 0 Å². The van der Waals surface area contributed by atoms with Crippen LogP contribution in [0.5, 0.6) is 0 Å². The molecule has 0 aliphatic carbocycles. The van der Waals surface area contributed by atoms with Gasteiger partial charge in [0.15, 0.2) is 0 Å². The fourth-order valence-electron chi connectivity index (χ4n) is 1.58. The van der Waals surface area contributed by atoms with Crippen molar-refractivity contribution in [3.8, 4) is 0 Å². The molecular weight excluding hydrogens is 377 g/mol. The second-order valence-corrected chi connectivity index (χ2v) is 6.55. The molecule has 0 saturated carbocycles. The second-order valence-electron chi connectivity index (χ2n) is 4.26. The van der Waals surface area contributed by atoms with Crippen molar-refractivity contribution in [2.75, 3.05) is 20.1 Å². The predicted octanol–water partition coefficient (Wildman–Crippen LogP) is 3.01. The largest absolute Gasteiger partial charge is 0.480 e. The van der Waals surface area contributed by atoms with Gasteiger partial charge in [0.1, 0.15) is 13.1 Å². The van der Waals surface area contributed by atoms with Crippen LogP contribution in [0.1, 0.15) is 5.56 Å². The van der Waals surface area contributed by atoms with Crippen molar-refractivity contribution in [2.24, 2.45) is 0 Å². The maximum absolute atomic E-state index is 12.4. The van der Waals surface area contributed by atoms with Crippen molar-refractivity contribution in [1.82, 2.24) is 9.80 Å². The number of hydrogen-bond donors (Lipinski definition) is 1. The monoisotopic (exact) mass is 388 g/mol. The zero-order valence-electron chi connectivity index (χ0n) is 10.9. The second kappa shape index (κ2) is 7.12. The number of carboxylic acid groups (broad SMARTS) is 1. The summed E-state index contributed by atoms with van der Waals surface area (Å²) in [6.07, 6.45) is -4.66. The molecule has 0 aliphatic heterocycles. The molecule has 0 atom stereocenters. The molecule has 0 unspecified atom stereocenters. The van der Waals surface area contributed by atoms with Gasteiger partial charge in [-0.1, -0.05) is 0 Å². The van der Waals surface area contributed by atoms with Gasteiger partial charge in [-0.15, -0.1) is 11.3 Å². The van der Waals surface area contributed by atoms with Gasteiger partial charge >= 0.3 is 18.2 Å². The first-order valence-electron chi connectivity index (χ1n) is 5.60. The molecule has 5 nitrogen and oxygen atoms in total. The molecule has 0 aliphatic rings. The van der Waals surface area contributed by atoms with E-state index < -0.39 is 31.3 Å². The summed E-state index contributed by atoms with van der Waals surface area (Å²) in [4.78, 5) is 23.8. The maximum Gasteiger partial charge on any atom is 0.406 e. The number of urea groups is 1. The van der Waals surface area contributed by atoms with Crippen LogP contribution in [-0.2, 0) is 11.3 Å². The number of alkyl halides is 3. The molecule has 1 rings (SSSR count). The fourth-order valence-corrected chi connectivity index (χ4v) is 2.78. The van der Waals surface area contributed by atoms with Crippen LogP contribution in [0.3, 0.4) is 0 Å². The van der Waals surface area contributed by atoms with Crippen molar-refractivity contribution in [3.63, 3.8) is 0 Å². The van der Waals surface area contributed by atoms with E-state index in [1.807, 2.05) is 0 Å². The SMILES string of the molecule is CN(Cc1csc(Br)c1)C(=O)N(CC(=O)O)CC(F)(F)F.